The van der Waals surface area contributed by atoms with Crippen LogP contribution in [0.1, 0.15) is 36.1 Å². The molecule has 0 atom stereocenters. The van der Waals surface area contributed by atoms with Gasteiger partial charge in [-0.2, -0.15) is 0 Å². The molecule has 0 N–H and O–H groups in total. The van der Waals surface area contributed by atoms with Gasteiger partial charge in [-0.15, -0.1) is 0 Å². The Morgan fingerprint density at radius 3 is 1.96 bits per heavy atom. The molecule has 9 aromatic rings. The first-order valence-corrected chi connectivity index (χ1v) is 17.2. The summed E-state index contributed by atoms with van der Waals surface area (Å²) in [4.78, 5) is 0. The highest BCUT2D eigenvalue weighted by atomic mass is 16.3. The topological polar surface area (TPSA) is 18.1 Å². The Morgan fingerprint density at radius 1 is 0.449 bits per heavy atom. The number of furan rings is 1. The average Bonchev–Trinajstić information content (AvgIpc) is 3.73. The summed E-state index contributed by atoms with van der Waals surface area (Å²) >= 11 is 0. The van der Waals surface area contributed by atoms with E-state index in [1.165, 1.54) is 83.1 Å². The lowest BCUT2D eigenvalue weighted by molar-refractivity contribution is 0.660. The SMILES string of the molecule is Cc1ccc(-c2ccc3oc4ccccc4c3c2)cc1-c1cc2c(cc1C)C(C)(C)c1cc3c(cc1-2)c1ccccc1n3-c1ccccc1. The lowest BCUT2D eigenvalue weighted by Gasteiger charge is -2.23. The van der Waals surface area contributed by atoms with Gasteiger partial charge in [-0.05, 0) is 130 Å². The van der Waals surface area contributed by atoms with Crippen LogP contribution in [0.4, 0.5) is 0 Å². The number of hydrogen-bond acceptors (Lipinski definition) is 1. The fourth-order valence-corrected chi connectivity index (χ4v) is 8.49. The number of hydrogen-bond donors (Lipinski definition) is 0. The second-order valence-electron chi connectivity index (χ2n) is 14.3. The van der Waals surface area contributed by atoms with Crippen LogP contribution in [-0.4, -0.2) is 4.57 Å². The summed E-state index contributed by atoms with van der Waals surface area (Å²) in [5, 5.41) is 4.89. The summed E-state index contributed by atoms with van der Waals surface area (Å²) in [6.07, 6.45) is 0. The largest absolute Gasteiger partial charge is 0.456 e. The third-order valence-corrected chi connectivity index (χ3v) is 11.1. The van der Waals surface area contributed by atoms with E-state index in [0.717, 1.165) is 21.9 Å². The Morgan fingerprint density at radius 2 is 1.10 bits per heavy atom. The molecular formula is C47H35NO. The highest BCUT2D eigenvalue weighted by Crippen LogP contribution is 2.53. The van der Waals surface area contributed by atoms with Crippen molar-refractivity contribution >= 4 is 43.7 Å². The molecule has 2 aromatic heterocycles. The van der Waals surface area contributed by atoms with Gasteiger partial charge in [0, 0.05) is 32.6 Å². The summed E-state index contributed by atoms with van der Waals surface area (Å²) in [5.41, 5.74) is 18.5. The van der Waals surface area contributed by atoms with Crippen LogP contribution in [0.5, 0.6) is 0 Å². The van der Waals surface area contributed by atoms with Gasteiger partial charge in [0.2, 0.25) is 0 Å². The third-order valence-electron chi connectivity index (χ3n) is 11.1. The molecule has 1 aliphatic rings. The Balaban J connectivity index is 1.16. The van der Waals surface area contributed by atoms with Crippen LogP contribution in [0.15, 0.2) is 144 Å². The van der Waals surface area contributed by atoms with Crippen molar-refractivity contribution in [2.24, 2.45) is 0 Å². The minimum Gasteiger partial charge on any atom is -0.456 e. The van der Waals surface area contributed by atoms with Crippen molar-refractivity contribution in [2.45, 2.75) is 33.1 Å². The molecule has 2 heterocycles. The Hall–Kier alpha value is -5.86. The number of para-hydroxylation sites is 3. The predicted octanol–water partition coefficient (Wildman–Crippen LogP) is 12.9. The minimum atomic E-state index is -0.125. The maximum absolute atomic E-state index is 6.13. The fraction of sp³-hybridized carbons (Fsp3) is 0.106. The molecule has 0 spiro atoms. The van der Waals surface area contributed by atoms with Crippen molar-refractivity contribution in [3.8, 4) is 39.1 Å². The van der Waals surface area contributed by atoms with Gasteiger partial charge in [-0.3, -0.25) is 0 Å². The van der Waals surface area contributed by atoms with Crippen LogP contribution in [0.25, 0.3) is 82.8 Å². The summed E-state index contributed by atoms with van der Waals surface area (Å²) in [6, 6.07) is 51.2. The molecule has 2 heteroatoms. The fourth-order valence-electron chi connectivity index (χ4n) is 8.49. The van der Waals surface area contributed by atoms with Crippen molar-refractivity contribution in [2.75, 3.05) is 0 Å². The minimum absolute atomic E-state index is 0.125. The summed E-state index contributed by atoms with van der Waals surface area (Å²) in [6.45, 7) is 9.29. The summed E-state index contributed by atoms with van der Waals surface area (Å²) in [5.74, 6) is 0. The van der Waals surface area contributed by atoms with E-state index in [9.17, 15) is 0 Å². The van der Waals surface area contributed by atoms with Gasteiger partial charge in [0.05, 0.1) is 11.0 Å². The van der Waals surface area contributed by atoms with Crippen LogP contribution < -0.4 is 0 Å². The number of aryl methyl sites for hydroxylation is 2. The van der Waals surface area contributed by atoms with Crippen LogP contribution in [0.3, 0.4) is 0 Å². The molecule has 0 unspecified atom stereocenters. The molecule has 7 aromatic carbocycles. The highest BCUT2D eigenvalue weighted by Gasteiger charge is 2.37. The van der Waals surface area contributed by atoms with E-state index in [-0.39, 0.29) is 5.41 Å². The van der Waals surface area contributed by atoms with Gasteiger partial charge < -0.3 is 8.98 Å². The van der Waals surface area contributed by atoms with Gasteiger partial charge in [-0.25, -0.2) is 0 Å². The van der Waals surface area contributed by atoms with E-state index in [1.54, 1.807) is 0 Å². The van der Waals surface area contributed by atoms with Gasteiger partial charge in [-0.1, -0.05) is 92.7 Å². The van der Waals surface area contributed by atoms with E-state index in [1.807, 2.05) is 12.1 Å². The molecule has 0 saturated carbocycles. The zero-order valence-corrected chi connectivity index (χ0v) is 28.1. The van der Waals surface area contributed by atoms with Crippen LogP contribution in [-0.2, 0) is 5.41 Å². The van der Waals surface area contributed by atoms with Gasteiger partial charge in [0.25, 0.3) is 0 Å². The lowest BCUT2D eigenvalue weighted by atomic mass is 9.81. The number of fused-ring (bicyclic) bond motifs is 9. The molecule has 0 aliphatic heterocycles. The number of nitrogens with zero attached hydrogens (tertiary/aromatic N) is 1. The van der Waals surface area contributed by atoms with Crippen molar-refractivity contribution in [3.63, 3.8) is 0 Å². The van der Waals surface area contributed by atoms with Crippen molar-refractivity contribution in [1.29, 1.82) is 0 Å². The average molecular weight is 630 g/mol. The Bertz CT molecular complexity index is 2810. The van der Waals surface area contributed by atoms with E-state index in [2.05, 4.69) is 160 Å². The molecule has 2 nitrogen and oxygen atoms in total. The first-order valence-electron chi connectivity index (χ1n) is 17.2. The van der Waals surface area contributed by atoms with Gasteiger partial charge in [0.1, 0.15) is 11.2 Å². The standard InChI is InChI=1S/C47H35NO/c1-28-18-19-30(31-20-21-46-40(24-31)34-15-9-11-17-45(34)49-46)23-35(28)36-25-37-38-26-39-33-14-8-10-16-43(33)48(32-12-6-5-7-13-32)44(39)27-42(38)47(3,4)41(37)22-29(36)2/h5-27H,1-4H3. The van der Waals surface area contributed by atoms with Crippen molar-refractivity contribution in [3.05, 3.63) is 162 Å². The molecular weight excluding hydrogens is 595 g/mol. The molecule has 10 rings (SSSR count). The first-order chi connectivity index (χ1) is 23.9. The van der Waals surface area contributed by atoms with E-state index >= 15 is 0 Å². The first kappa shape index (κ1) is 28.2. The second kappa shape index (κ2) is 10.1. The van der Waals surface area contributed by atoms with Crippen molar-refractivity contribution < 1.29 is 4.42 Å². The van der Waals surface area contributed by atoms with Crippen LogP contribution in [0.2, 0.25) is 0 Å². The maximum Gasteiger partial charge on any atom is 0.135 e. The second-order valence-corrected chi connectivity index (χ2v) is 14.3. The van der Waals surface area contributed by atoms with Crippen LogP contribution >= 0.6 is 0 Å². The molecule has 0 amide bonds. The summed E-state index contributed by atoms with van der Waals surface area (Å²) < 4.78 is 8.56. The maximum atomic E-state index is 6.13. The molecule has 1 aliphatic carbocycles. The zero-order chi connectivity index (χ0) is 33.0. The van der Waals surface area contributed by atoms with Crippen molar-refractivity contribution in [1.82, 2.24) is 4.57 Å². The lowest BCUT2D eigenvalue weighted by Crippen LogP contribution is -2.15. The van der Waals surface area contributed by atoms with Gasteiger partial charge >= 0.3 is 0 Å². The Kier molecular flexibility index (Phi) is 5.79. The Labute approximate surface area is 285 Å². The summed E-state index contributed by atoms with van der Waals surface area (Å²) in [7, 11) is 0. The number of rotatable bonds is 3. The van der Waals surface area contributed by atoms with E-state index in [4.69, 9.17) is 4.42 Å². The normalized spacial score (nSPS) is 13.5. The highest BCUT2D eigenvalue weighted by molar-refractivity contribution is 6.12. The molecule has 234 valence electrons. The molecule has 0 fully saturated rings. The zero-order valence-electron chi connectivity index (χ0n) is 28.1. The number of benzene rings is 7. The monoisotopic (exact) mass is 629 g/mol. The molecule has 0 radical (unpaired) electrons. The predicted molar refractivity (Wildman–Crippen MR) is 206 cm³/mol. The molecule has 49 heavy (non-hydrogen) atoms. The van der Waals surface area contributed by atoms with E-state index < -0.39 is 0 Å². The van der Waals surface area contributed by atoms with Gasteiger partial charge in [0.15, 0.2) is 0 Å². The third kappa shape index (κ3) is 4.01. The molecule has 0 saturated heterocycles. The quantitative estimate of drug-likeness (QED) is 0.190. The number of aromatic nitrogens is 1. The smallest absolute Gasteiger partial charge is 0.135 e. The van der Waals surface area contributed by atoms with Crippen LogP contribution in [0, 0.1) is 13.8 Å². The molecule has 0 bridgehead atoms. The van der Waals surface area contributed by atoms with E-state index in [0.29, 0.717) is 0 Å².